The van der Waals surface area contributed by atoms with Crippen LogP contribution in [0.3, 0.4) is 0 Å². The van der Waals surface area contributed by atoms with Gasteiger partial charge in [-0.25, -0.2) is 4.79 Å². The first-order valence-corrected chi connectivity index (χ1v) is 15.4. The Balaban J connectivity index is 1.31. The number of nitrogens with zero attached hydrogens (tertiary/aromatic N) is 1. The number of benzene rings is 2. The van der Waals surface area contributed by atoms with Crippen LogP contribution in [0.1, 0.15) is 25.7 Å². The van der Waals surface area contributed by atoms with Crippen molar-refractivity contribution in [3.63, 3.8) is 0 Å². The molecule has 2 aromatic carbocycles. The molecule has 0 saturated carbocycles. The Hall–Kier alpha value is -3.37. The summed E-state index contributed by atoms with van der Waals surface area (Å²) in [5.74, 6) is 1.09. The smallest absolute Gasteiger partial charge is 0.494 e. The van der Waals surface area contributed by atoms with E-state index >= 15 is 0 Å². The lowest BCUT2D eigenvalue weighted by molar-refractivity contribution is -0.384. The van der Waals surface area contributed by atoms with E-state index in [1.807, 2.05) is 0 Å². The lowest BCUT2D eigenvalue weighted by Crippen LogP contribution is -2.14. The molecule has 46 heavy (non-hydrogen) atoms. The van der Waals surface area contributed by atoms with Gasteiger partial charge in [-0.2, -0.15) is 0 Å². The second-order valence-electron chi connectivity index (χ2n) is 9.61. The highest BCUT2D eigenvalue weighted by atomic mass is 16.7. The van der Waals surface area contributed by atoms with Gasteiger partial charge in [-0.1, -0.05) is 6.42 Å². The summed E-state index contributed by atoms with van der Waals surface area (Å²) in [6, 6.07) is 11.7. The number of nitro benzene ring substituents is 1. The maximum absolute atomic E-state index is 11.9. The number of methoxy groups -OCH3 is 1. The van der Waals surface area contributed by atoms with Crippen LogP contribution in [0.4, 0.5) is 10.5 Å². The van der Waals surface area contributed by atoms with Gasteiger partial charge in [-0.15, -0.1) is 0 Å². The van der Waals surface area contributed by atoms with Gasteiger partial charge in [0.2, 0.25) is 0 Å². The van der Waals surface area contributed by atoms with Crippen LogP contribution in [0, 0.1) is 10.1 Å². The molecular weight excluding hydrogens is 606 g/mol. The van der Waals surface area contributed by atoms with Gasteiger partial charge in [-0.3, -0.25) is 10.1 Å². The highest BCUT2D eigenvalue weighted by molar-refractivity contribution is 5.67. The minimum Gasteiger partial charge on any atom is -0.494 e. The van der Waals surface area contributed by atoms with Crippen LogP contribution < -0.4 is 14.2 Å². The number of carbonyl (C=O) groups is 1. The van der Waals surface area contributed by atoms with Crippen LogP contribution >= 0.6 is 0 Å². The minimum atomic E-state index is -0.947. The van der Waals surface area contributed by atoms with E-state index in [9.17, 15) is 14.9 Å². The van der Waals surface area contributed by atoms with E-state index in [1.54, 1.807) is 31.4 Å². The fraction of sp³-hybridized carbons (Fsp3) is 0.594. The predicted molar refractivity (Wildman–Crippen MR) is 167 cm³/mol. The van der Waals surface area contributed by atoms with Crippen molar-refractivity contribution in [2.75, 3.05) is 99.6 Å². The van der Waals surface area contributed by atoms with E-state index in [0.717, 1.165) is 25.7 Å². The predicted octanol–water partition coefficient (Wildman–Crippen LogP) is 4.86. The van der Waals surface area contributed by atoms with Gasteiger partial charge in [0, 0.05) is 25.8 Å². The molecule has 0 saturated heterocycles. The SMILES string of the molecule is COCCOCCOCCOCCOCCOCCOCCCCCCOc1ccc(OC(=O)Oc2ccc([N+](=O)[O-])cc2)cc1. The molecule has 2 aromatic rings. The van der Waals surface area contributed by atoms with Crippen molar-refractivity contribution >= 4 is 11.8 Å². The van der Waals surface area contributed by atoms with Crippen molar-refractivity contribution in [1.29, 1.82) is 0 Å². The summed E-state index contributed by atoms with van der Waals surface area (Å²) >= 11 is 0. The molecule has 0 aliphatic carbocycles. The second kappa shape index (κ2) is 26.8. The molecule has 2 rings (SSSR count). The van der Waals surface area contributed by atoms with Gasteiger partial charge in [0.25, 0.3) is 5.69 Å². The molecule has 0 amide bonds. The molecule has 0 aliphatic rings. The second-order valence-corrected chi connectivity index (χ2v) is 9.61. The van der Waals surface area contributed by atoms with Crippen molar-refractivity contribution in [3.8, 4) is 17.2 Å². The Morgan fingerprint density at radius 1 is 0.522 bits per heavy atom. The number of hydrogen-bond acceptors (Lipinski definition) is 13. The van der Waals surface area contributed by atoms with Gasteiger partial charge in [0.15, 0.2) is 0 Å². The lowest BCUT2D eigenvalue weighted by atomic mass is 10.2. The van der Waals surface area contributed by atoms with Crippen LogP contribution in [0.15, 0.2) is 48.5 Å². The molecular formula is C32H47NO13. The minimum absolute atomic E-state index is 0.102. The van der Waals surface area contributed by atoms with Gasteiger partial charge in [0.1, 0.15) is 17.2 Å². The Labute approximate surface area is 270 Å². The third kappa shape index (κ3) is 20.6. The zero-order valence-corrected chi connectivity index (χ0v) is 26.6. The van der Waals surface area contributed by atoms with E-state index in [2.05, 4.69) is 0 Å². The van der Waals surface area contributed by atoms with Crippen molar-refractivity contribution in [2.24, 2.45) is 0 Å². The number of ether oxygens (including phenoxy) is 10. The molecule has 0 atom stereocenters. The monoisotopic (exact) mass is 653 g/mol. The molecule has 0 bridgehead atoms. The molecule has 0 N–H and O–H groups in total. The van der Waals surface area contributed by atoms with Crippen LogP contribution in [0.5, 0.6) is 17.2 Å². The van der Waals surface area contributed by atoms with Gasteiger partial charge in [0.05, 0.1) is 90.8 Å². The Morgan fingerprint density at radius 2 is 0.891 bits per heavy atom. The first-order chi connectivity index (χ1) is 22.6. The van der Waals surface area contributed by atoms with Gasteiger partial charge >= 0.3 is 6.16 Å². The number of unbranched alkanes of at least 4 members (excludes halogenated alkanes) is 3. The third-order valence-corrected chi connectivity index (χ3v) is 6.02. The quantitative estimate of drug-likeness (QED) is 0.0387. The van der Waals surface area contributed by atoms with Crippen molar-refractivity contribution in [3.05, 3.63) is 58.6 Å². The highest BCUT2D eigenvalue weighted by Gasteiger charge is 2.10. The average Bonchev–Trinajstić information content (AvgIpc) is 3.05. The Morgan fingerprint density at radius 3 is 1.33 bits per heavy atom. The fourth-order valence-corrected chi connectivity index (χ4v) is 3.65. The van der Waals surface area contributed by atoms with Crippen LogP contribution in [-0.4, -0.2) is 111 Å². The van der Waals surface area contributed by atoms with E-state index in [0.29, 0.717) is 98.2 Å². The summed E-state index contributed by atoms with van der Waals surface area (Å²) in [6.07, 6.45) is 3.00. The van der Waals surface area contributed by atoms with E-state index in [4.69, 9.17) is 47.4 Å². The first kappa shape index (κ1) is 38.8. The van der Waals surface area contributed by atoms with E-state index < -0.39 is 11.1 Å². The zero-order chi connectivity index (χ0) is 32.9. The van der Waals surface area contributed by atoms with E-state index in [1.165, 1.54) is 24.3 Å². The number of rotatable bonds is 29. The van der Waals surface area contributed by atoms with Crippen LogP contribution in [0.2, 0.25) is 0 Å². The summed E-state index contributed by atoms with van der Waals surface area (Å²) in [5, 5.41) is 10.7. The number of carbonyl (C=O) groups excluding carboxylic acids is 1. The highest BCUT2D eigenvalue weighted by Crippen LogP contribution is 2.21. The summed E-state index contributed by atoms with van der Waals surface area (Å²) in [7, 11) is 1.64. The molecule has 0 aromatic heterocycles. The number of non-ortho nitro benzene ring substituents is 1. The molecule has 14 nitrogen and oxygen atoms in total. The molecule has 258 valence electrons. The molecule has 0 fully saturated rings. The Bertz CT molecular complexity index is 1040. The van der Waals surface area contributed by atoms with Crippen molar-refractivity contribution in [2.45, 2.75) is 25.7 Å². The van der Waals surface area contributed by atoms with Crippen molar-refractivity contribution < 1.29 is 57.1 Å². The molecule has 0 unspecified atom stereocenters. The molecule has 14 heteroatoms. The molecule has 0 aliphatic heterocycles. The lowest BCUT2D eigenvalue weighted by Gasteiger charge is -2.09. The largest absolute Gasteiger partial charge is 0.519 e. The van der Waals surface area contributed by atoms with E-state index in [-0.39, 0.29) is 17.2 Å². The maximum Gasteiger partial charge on any atom is 0.519 e. The average molecular weight is 654 g/mol. The number of nitro groups is 1. The van der Waals surface area contributed by atoms with Gasteiger partial charge < -0.3 is 47.4 Å². The summed E-state index contributed by atoms with van der Waals surface area (Å²) in [5.41, 5.74) is -0.102. The Kier molecular flexibility index (Phi) is 22.6. The summed E-state index contributed by atoms with van der Waals surface area (Å²) < 4.78 is 53.5. The maximum atomic E-state index is 11.9. The normalized spacial score (nSPS) is 11.0. The first-order valence-electron chi connectivity index (χ1n) is 15.4. The van der Waals surface area contributed by atoms with Gasteiger partial charge in [-0.05, 0) is 55.7 Å². The van der Waals surface area contributed by atoms with Crippen LogP contribution in [0.25, 0.3) is 0 Å². The zero-order valence-electron chi connectivity index (χ0n) is 26.6. The molecule has 0 heterocycles. The molecule has 0 radical (unpaired) electrons. The summed E-state index contributed by atoms with van der Waals surface area (Å²) in [6.45, 7) is 7.71. The topological polar surface area (TPSA) is 153 Å². The standard InChI is InChI=1S/C32H47NO13/c1-37-16-17-39-20-21-41-24-25-43-27-26-42-23-22-40-19-18-38-14-4-2-3-5-15-44-29-10-12-31(13-11-29)46-32(34)45-30-8-6-28(7-9-30)33(35)36/h6-13H,2-5,14-27H2,1H3. The number of hydrogen-bond donors (Lipinski definition) is 0. The fourth-order valence-electron chi connectivity index (χ4n) is 3.65. The van der Waals surface area contributed by atoms with Crippen LogP contribution in [-0.2, 0) is 33.2 Å². The van der Waals surface area contributed by atoms with Crippen molar-refractivity contribution in [1.82, 2.24) is 0 Å². The summed E-state index contributed by atoms with van der Waals surface area (Å²) in [4.78, 5) is 22.1. The third-order valence-electron chi connectivity index (χ3n) is 6.02. The molecule has 0 spiro atoms.